The lowest BCUT2D eigenvalue weighted by molar-refractivity contribution is 0.0697. The van der Waals surface area contributed by atoms with E-state index >= 15 is 0 Å². The highest BCUT2D eigenvalue weighted by Crippen LogP contribution is 2.24. The highest BCUT2D eigenvalue weighted by atomic mass is 16.5. The summed E-state index contributed by atoms with van der Waals surface area (Å²) in [5, 5.41) is 13.8. The van der Waals surface area contributed by atoms with Gasteiger partial charge in [-0.1, -0.05) is 55.8 Å². The number of hydrogen-bond acceptors (Lipinski definition) is 4. The summed E-state index contributed by atoms with van der Waals surface area (Å²) >= 11 is 0. The summed E-state index contributed by atoms with van der Waals surface area (Å²) in [6.45, 7) is 2.74. The van der Waals surface area contributed by atoms with Gasteiger partial charge in [0.1, 0.15) is 5.82 Å². The van der Waals surface area contributed by atoms with Crippen LogP contribution in [0.3, 0.4) is 0 Å². The molecular weight excluding hydrogens is 342 g/mol. The zero-order valence-electron chi connectivity index (χ0n) is 15.6. The Hall–Kier alpha value is -3.15. The summed E-state index contributed by atoms with van der Waals surface area (Å²) in [5.74, 6) is -0.0149. The number of carboxylic acids is 1. The van der Waals surface area contributed by atoms with Gasteiger partial charge in [-0.15, -0.1) is 5.10 Å². The molecule has 1 aromatic heterocycles. The molecule has 3 aromatic rings. The number of unbranched alkanes of at least 4 members (excludes halogenated alkanes) is 1. The second-order valence-corrected chi connectivity index (χ2v) is 6.32. The van der Waals surface area contributed by atoms with E-state index in [1.165, 1.54) is 0 Å². The molecule has 0 spiro atoms. The Morgan fingerprint density at radius 3 is 2.56 bits per heavy atom. The van der Waals surface area contributed by atoms with Gasteiger partial charge in [0.2, 0.25) is 0 Å². The molecule has 1 heterocycles. The minimum atomic E-state index is -0.926. The second-order valence-electron chi connectivity index (χ2n) is 6.32. The van der Waals surface area contributed by atoms with Crippen molar-refractivity contribution in [2.45, 2.75) is 32.7 Å². The summed E-state index contributed by atoms with van der Waals surface area (Å²) < 4.78 is 7.04. The first-order chi connectivity index (χ1) is 13.1. The van der Waals surface area contributed by atoms with Crippen LogP contribution in [0.1, 0.15) is 41.5 Å². The van der Waals surface area contributed by atoms with Gasteiger partial charge >= 0.3 is 12.0 Å². The lowest BCUT2D eigenvalue weighted by Gasteiger charge is -2.09. The summed E-state index contributed by atoms with van der Waals surface area (Å²) in [4.78, 5) is 15.9. The Balaban J connectivity index is 1.83. The Kier molecular flexibility index (Phi) is 5.86. The molecule has 0 atom stereocenters. The van der Waals surface area contributed by atoms with Crippen LogP contribution in [-0.2, 0) is 13.0 Å². The minimum absolute atomic E-state index is 0.299. The zero-order valence-corrected chi connectivity index (χ0v) is 15.6. The van der Waals surface area contributed by atoms with Crippen LogP contribution in [-0.4, -0.2) is 33.0 Å². The van der Waals surface area contributed by atoms with Crippen LogP contribution in [0.4, 0.5) is 0 Å². The zero-order chi connectivity index (χ0) is 19.2. The van der Waals surface area contributed by atoms with Crippen LogP contribution in [0.15, 0.2) is 48.5 Å². The topological polar surface area (TPSA) is 77.2 Å². The molecule has 2 aromatic carbocycles. The number of aryl methyl sites for hydroxylation is 1. The molecule has 0 aliphatic heterocycles. The molecular formula is C21H23N3O3. The van der Waals surface area contributed by atoms with Crippen LogP contribution in [0.5, 0.6) is 6.01 Å². The van der Waals surface area contributed by atoms with Crippen molar-refractivity contribution in [1.82, 2.24) is 14.8 Å². The highest BCUT2D eigenvalue weighted by Gasteiger charge is 2.12. The normalized spacial score (nSPS) is 10.7. The molecule has 0 radical (unpaired) electrons. The quantitative estimate of drug-likeness (QED) is 0.652. The van der Waals surface area contributed by atoms with Crippen LogP contribution >= 0.6 is 0 Å². The number of rotatable bonds is 8. The Morgan fingerprint density at radius 2 is 1.89 bits per heavy atom. The summed E-state index contributed by atoms with van der Waals surface area (Å²) in [7, 11) is 1.57. The van der Waals surface area contributed by atoms with E-state index in [1.54, 1.807) is 19.2 Å². The van der Waals surface area contributed by atoms with Crippen LogP contribution < -0.4 is 4.74 Å². The van der Waals surface area contributed by atoms with Crippen molar-refractivity contribution in [3.63, 3.8) is 0 Å². The first-order valence-electron chi connectivity index (χ1n) is 9.01. The molecule has 0 fully saturated rings. The van der Waals surface area contributed by atoms with Gasteiger partial charge in [0.15, 0.2) is 0 Å². The smallest absolute Gasteiger partial charge is 0.336 e. The van der Waals surface area contributed by atoms with Crippen molar-refractivity contribution in [1.29, 1.82) is 0 Å². The van der Waals surface area contributed by atoms with Crippen molar-refractivity contribution < 1.29 is 14.6 Å². The first-order valence-corrected chi connectivity index (χ1v) is 9.01. The van der Waals surface area contributed by atoms with Crippen molar-refractivity contribution in [2.75, 3.05) is 7.11 Å². The lowest BCUT2D eigenvalue weighted by atomic mass is 9.99. The average Bonchev–Trinajstić information content (AvgIpc) is 3.08. The van der Waals surface area contributed by atoms with E-state index in [1.807, 2.05) is 41.1 Å². The molecule has 0 saturated carbocycles. The Bertz CT molecular complexity index is 917. The maximum atomic E-state index is 11.4. The molecule has 6 heteroatoms. The molecule has 140 valence electrons. The van der Waals surface area contributed by atoms with E-state index in [0.29, 0.717) is 23.7 Å². The molecule has 0 saturated heterocycles. The Morgan fingerprint density at radius 1 is 1.15 bits per heavy atom. The van der Waals surface area contributed by atoms with Gasteiger partial charge in [-0.3, -0.25) is 0 Å². The summed E-state index contributed by atoms with van der Waals surface area (Å²) in [5.41, 5.74) is 2.95. The number of nitrogens with zero attached hydrogens (tertiary/aromatic N) is 3. The number of hydrogen-bond donors (Lipinski definition) is 1. The van der Waals surface area contributed by atoms with E-state index in [0.717, 1.165) is 36.2 Å². The van der Waals surface area contributed by atoms with Crippen molar-refractivity contribution >= 4 is 5.97 Å². The molecule has 0 amide bonds. The maximum Gasteiger partial charge on any atom is 0.336 e. The largest absolute Gasteiger partial charge is 0.478 e. The van der Waals surface area contributed by atoms with Gasteiger partial charge in [-0.05, 0) is 29.2 Å². The molecule has 0 bridgehead atoms. The third-order valence-corrected chi connectivity index (χ3v) is 4.42. The van der Waals surface area contributed by atoms with Gasteiger partial charge in [0, 0.05) is 6.42 Å². The SMILES string of the molecule is CCCCc1nc(OC)nn1Cc1ccc(-c2ccccc2C(=O)O)cc1. The molecule has 0 unspecified atom stereocenters. The predicted molar refractivity (Wildman–Crippen MR) is 103 cm³/mol. The van der Waals surface area contributed by atoms with E-state index in [-0.39, 0.29) is 0 Å². The fourth-order valence-corrected chi connectivity index (χ4v) is 2.97. The fraction of sp³-hybridized carbons (Fsp3) is 0.286. The fourth-order valence-electron chi connectivity index (χ4n) is 2.97. The van der Waals surface area contributed by atoms with Crippen LogP contribution in [0.25, 0.3) is 11.1 Å². The van der Waals surface area contributed by atoms with Crippen molar-refractivity contribution in [2.24, 2.45) is 0 Å². The number of aromatic carboxylic acids is 1. The molecule has 1 N–H and O–H groups in total. The van der Waals surface area contributed by atoms with Gasteiger partial charge in [0.05, 0.1) is 19.2 Å². The van der Waals surface area contributed by atoms with Crippen molar-refractivity contribution in [3.8, 4) is 17.1 Å². The second kappa shape index (κ2) is 8.49. The highest BCUT2D eigenvalue weighted by molar-refractivity contribution is 5.95. The van der Waals surface area contributed by atoms with E-state index in [2.05, 4.69) is 17.0 Å². The van der Waals surface area contributed by atoms with E-state index in [4.69, 9.17) is 4.74 Å². The molecule has 0 aliphatic rings. The monoisotopic (exact) mass is 365 g/mol. The number of aromatic nitrogens is 3. The maximum absolute atomic E-state index is 11.4. The summed E-state index contributed by atoms with van der Waals surface area (Å²) in [6, 6.07) is 15.3. The van der Waals surface area contributed by atoms with Crippen molar-refractivity contribution in [3.05, 3.63) is 65.5 Å². The van der Waals surface area contributed by atoms with Gasteiger partial charge in [-0.25, -0.2) is 9.48 Å². The molecule has 6 nitrogen and oxygen atoms in total. The molecule has 27 heavy (non-hydrogen) atoms. The third-order valence-electron chi connectivity index (χ3n) is 4.42. The number of carboxylic acid groups (broad SMARTS) is 1. The lowest BCUT2D eigenvalue weighted by Crippen LogP contribution is -2.07. The van der Waals surface area contributed by atoms with E-state index < -0.39 is 5.97 Å². The minimum Gasteiger partial charge on any atom is -0.478 e. The number of benzene rings is 2. The van der Waals surface area contributed by atoms with Crippen LogP contribution in [0.2, 0.25) is 0 Å². The van der Waals surface area contributed by atoms with E-state index in [9.17, 15) is 9.90 Å². The third kappa shape index (κ3) is 4.34. The standard InChI is InChI=1S/C21H23N3O3/c1-3-4-9-19-22-21(27-2)23-24(19)14-15-10-12-16(13-11-15)17-7-5-6-8-18(17)20(25)26/h5-8,10-13H,3-4,9,14H2,1-2H3,(H,25,26). The van der Waals surface area contributed by atoms with Gasteiger partial charge < -0.3 is 9.84 Å². The van der Waals surface area contributed by atoms with Crippen LogP contribution in [0, 0.1) is 0 Å². The first kappa shape index (κ1) is 18.6. The summed E-state index contributed by atoms with van der Waals surface area (Å²) in [6.07, 6.45) is 3.00. The average molecular weight is 365 g/mol. The molecule has 0 aliphatic carbocycles. The number of ether oxygens (including phenoxy) is 1. The number of carbonyl (C=O) groups is 1. The van der Waals surface area contributed by atoms with Gasteiger partial charge in [-0.2, -0.15) is 4.98 Å². The number of methoxy groups -OCH3 is 1. The van der Waals surface area contributed by atoms with Gasteiger partial charge in [0.25, 0.3) is 0 Å². The predicted octanol–water partition coefficient (Wildman–Crippen LogP) is 4.04. The molecule has 3 rings (SSSR count). The Labute approximate surface area is 158 Å².